The quantitative estimate of drug-likeness (QED) is 0.384. The van der Waals surface area contributed by atoms with E-state index < -0.39 is 29.6 Å². The van der Waals surface area contributed by atoms with Gasteiger partial charge in [0.15, 0.2) is 0 Å². The van der Waals surface area contributed by atoms with Gasteiger partial charge in [0, 0.05) is 29.1 Å². The summed E-state index contributed by atoms with van der Waals surface area (Å²) in [6.07, 6.45) is -2.01. The number of benzene rings is 1. The van der Waals surface area contributed by atoms with E-state index in [2.05, 4.69) is 10.3 Å². The van der Waals surface area contributed by atoms with Crippen molar-refractivity contribution in [2.45, 2.75) is 82.2 Å². The number of alkyl halides is 4. The van der Waals surface area contributed by atoms with Gasteiger partial charge in [-0.3, -0.25) is 0 Å². The molecule has 1 aromatic heterocycles. The fourth-order valence-corrected chi connectivity index (χ4v) is 5.73. The molecule has 1 saturated carbocycles. The first-order chi connectivity index (χ1) is 17.3. The van der Waals surface area contributed by atoms with E-state index in [4.69, 9.17) is 9.47 Å². The van der Waals surface area contributed by atoms with E-state index in [1.165, 1.54) is 12.1 Å². The zero-order chi connectivity index (χ0) is 27.0. The first-order valence-corrected chi connectivity index (χ1v) is 12.8. The first kappa shape index (κ1) is 27.8. The molecule has 1 saturated heterocycles. The van der Waals surface area contributed by atoms with Gasteiger partial charge in [-0.25, -0.2) is 13.8 Å². The molecule has 1 N–H and O–H groups in total. The second kappa shape index (κ2) is 10.5. The van der Waals surface area contributed by atoms with E-state index in [9.17, 15) is 22.0 Å². The summed E-state index contributed by atoms with van der Waals surface area (Å²) in [6.45, 7) is 7.44. The molecule has 4 rings (SSSR count). The van der Waals surface area contributed by atoms with Crippen molar-refractivity contribution in [2.75, 3.05) is 19.8 Å². The summed E-state index contributed by atoms with van der Waals surface area (Å²) in [5.74, 6) is -0.552. The van der Waals surface area contributed by atoms with Crippen LogP contribution in [0.5, 0.6) is 5.88 Å². The zero-order valence-electron chi connectivity index (χ0n) is 21.7. The Morgan fingerprint density at radius 2 is 1.89 bits per heavy atom. The topological polar surface area (TPSA) is 43.4 Å². The fraction of sp³-hybridized carbons (Fsp3) is 0.607. The summed E-state index contributed by atoms with van der Waals surface area (Å²) in [6, 6.07) is 7.44. The van der Waals surface area contributed by atoms with E-state index >= 15 is 0 Å². The molecule has 0 radical (unpaired) electrons. The molecule has 1 aliphatic heterocycles. The molecule has 1 aromatic carbocycles. The third-order valence-corrected chi connectivity index (χ3v) is 7.54. The van der Waals surface area contributed by atoms with Crippen LogP contribution in [-0.4, -0.2) is 42.1 Å². The van der Waals surface area contributed by atoms with E-state index in [-0.39, 0.29) is 42.2 Å². The molecule has 0 unspecified atom stereocenters. The van der Waals surface area contributed by atoms with Gasteiger partial charge in [0.1, 0.15) is 12.5 Å². The highest BCUT2D eigenvalue weighted by molar-refractivity contribution is 5.37. The van der Waals surface area contributed by atoms with Crippen LogP contribution < -0.4 is 10.1 Å². The smallest absolute Gasteiger partial charge is 0.417 e. The van der Waals surface area contributed by atoms with Crippen molar-refractivity contribution in [2.24, 2.45) is 5.92 Å². The largest absolute Gasteiger partial charge is 0.475 e. The maximum Gasteiger partial charge on any atom is 0.417 e. The molecule has 204 valence electrons. The van der Waals surface area contributed by atoms with Gasteiger partial charge in [-0.1, -0.05) is 12.1 Å². The molecule has 0 bridgehead atoms. The summed E-state index contributed by atoms with van der Waals surface area (Å²) in [4.78, 5) is 4.03. The molecule has 1 aliphatic carbocycles. The summed E-state index contributed by atoms with van der Waals surface area (Å²) in [5, 5.41) is 3.31. The highest BCUT2D eigenvalue weighted by atomic mass is 19.4. The van der Waals surface area contributed by atoms with Gasteiger partial charge in [-0.2, -0.15) is 13.2 Å². The van der Waals surface area contributed by atoms with Gasteiger partial charge < -0.3 is 14.8 Å². The Bertz CT molecular complexity index is 1070. The number of rotatable bonds is 8. The average molecular weight is 527 g/mol. The summed E-state index contributed by atoms with van der Waals surface area (Å²) in [5.41, 5.74) is -0.854. The van der Waals surface area contributed by atoms with Gasteiger partial charge >= 0.3 is 6.18 Å². The second-order valence-electron chi connectivity index (χ2n) is 11.3. The first-order valence-electron chi connectivity index (χ1n) is 12.8. The van der Waals surface area contributed by atoms with Crippen LogP contribution in [0.15, 0.2) is 36.5 Å². The lowest BCUT2D eigenvalue weighted by Crippen LogP contribution is -2.45. The van der Waals surface area contributed by atoms with Gasteiger partial charge in [0.05, 0.1) is 23.9 Å². The number of hydrogen-bond acceptors (Lipinski definition) is 4. The number of ether oxygens (including phenoxy) is 2. The molecule has 2 fully saturated rings. The minimum atomic E-state index is -4.53. The van der Waals surface area contributed by atoms with Crippen LogP contribution >= 0.6 is 0 Å². The molecule has 0 amide bonds. The van der Waals surface area contributed by atoms with Crippen LogP contribution in [0.3, 0.4) is 0 Å². The third-order valence-electron chi connectivity index (χ3n) is 7.54. The van der Waals surface area contributed by atoms with Crippen molar-refractivity contribution in [3.05, 3.63) is 59.0 Å². The molecular formula is C28H35F5N2O2. The molecule has 37 heavy (non-hydrogen) atoms. The van der Waals surface area contributed by atoms with Crippen molar-refractivity contribution in [1.82, 2.24) is 10.3 Å². The zero-order valence-corrected chi connectivity index (χ0v) is 21.7. The Morgan fingerprint density at radius 3 is 2.51 bits per heavy atom. The highest BCUT2D eigenvalue weighted by Gasteiger charge is 2.54. The van der Waals surface area contributed by atoms with Crippen molar-refractivity contribution >= 4 is 0 Å². The second-order valence-corrected chi connectivity index (χ2v) is 11.3. The SMILES string of the molecule is CC(C)Oc1ncc(C(F)(F)F)cc1[C@H]1CO[C@]2(CC[C@H](CNC(C)(C)CF)[C@H]2c2ccc(F)cc2)C1. The van der Waals surface area contributed by atoms with Crippen molar-refractivity contribution in [1.29, 1.82) is 0 Å². The van der Waals surface area contributed by atoms with Gasteiger partial charge in [-0.15, -0.1) is 0 Å². The van der Waals surface area contributed by atoms with E-state index in [0.717, 1.165) is 24.2 Å². The van der Waals surface area contributed by atoms with Crippen LogP contribution in [-0.2, 0) is 10.9 Å². The van der Waals surface area contributed by atoms with Crippen LogP contribution in [0.2, 0.25) is 0 Å². The molecule has 2 heterocycles. The predicted molar refractivity (Wildman–Crippen MR) is 131 cm³/mol. The molecule has 9 heteroatoms. The number of nitrogens with zero attached hydrogens (tertiary/aromatic N) is 1. The lowest BCUT2D eigenvalue weighted by atomic mass is 9.76. The van der Waals surface area contributed by atoms with Crippen LogP contribution in [0.25, 0.3) is 0 Å². The normalized spacial score (nSPS) is 26.4. The summed E-state index contributed by atoms with van der Waals surface area (Å²) in [7, 11) is 0. The predicted octanol–water partition coefficient (Wildman–Crippen LogP) is 6.80. The molecular weight excluding hydrogens is 491 g/mol. The van der Waals surface area contributed by atoms with Gasteiger partial charge in [0.25, 0.3) is 0 Å². The van der Waals surface area contributed by atoms with Crippen LogP contribution in [0.4, 0.5) is 22.0 Å². The van der Waals surface area contributed by atoms with Crippen LogP contribution in [0.1, 0.15) is 75.5 Å². The van der Waals surface area contributed by atoms with E-state index in [1.54, 1.807) is 39.8 Å². The summed E-state index contributed by atoms with van der Waals surface area (Å²) >= 11 is 0. The molecule has 2 aromatic rings. The lowest BCUT2D eigenvalue weighted by Gasteiger charge is -2.35. The minimum Gasteiger partial charge on any atom is -0.475 e. The van der Waals surface area contributed by atoms with Crippen molar-refractivity contribution in [3.63, 3.8) is 0 Å². The molecule has 4 nitrogen and oxygen atoms in total. The lowest BCUT2D eigenvalue weighted by molar-refractivity contribution is -0.137. The fourth-order valence-electron chi connectivity index (χ4n) is 5.73. The van der Waals surface area contributed by atoms with Gasteiger partial charge in [0.2, 0.25) is 5.88 Å². The number of hydrogen-bond donors (Lipinski definition) is 1. The Morgan fingerprint density at radius 1 is 1.19 bits per heavy atom. The van der Waals surface area contributed by atoms with E-state index in [0.29, 0.717) is 24.9 Å². The number of aromatic nitrogens is 1. The third kappa shape index (κ3) is 6.08. The summed E-state index contributed by atoms with van der Waals surface area (Å²) < 4.78 is 80.1. The Labute approximate surface area is 215 Å². The van der Waals surface area contributed by atoms with Gasteiger partial charge in [-0.05, 0) is 83.2 Å². The Hall–Kier alpha value is -2.26. The highest BCUT2D eigenvalue weighted by Crippen LogP contribution is 2.57. The maximum atomic E-state index is 13.8. The molecule has 1 spiro atoms. The van der Waals surface area contributed by atoms with Crippen LogP contribution in [0, 0.1) is 11.7 Å². The van der Waals surface area contributed by atoms with Crippen molar-refractivity contribution < 1.29 is 31.4 Å². The average Bonchev–Trinajstić information content (AvgIpc) is 3.41. The standard InChI is InChI=1S/C28H35F5N2O2/c1-17(2)37-25-23(11-21(14-34-25)28(31,32)33)20-12-27(36-15-20)10-9-19(13-35-26(3,4)16-29)24(27)18-5-7-22(30)8-6-18/h5-8,11,14,17,19-20,24,35H,9-10,12-13,15-16H2,1-4H3/t19-,20-,24-,27-/m1/s1. The number of pyridine rings is 1. The number of halogens is 5. The minimum absolute atomic E-state index is 0.0843. The maximum absolute atomic E-state index is 13.8. The Balaban J connectivity index is 1.67. The molecule has 2 aliphatic rings. The van der Waals surface area contributed by atoms with E-state index in [1.807, 2.05) is 0 Å². The Kier molecular flexibility index (Phi) is 7.87. The molecule has 4 atom stereocenters. The number of nitrogens with one attached hydrogen (secondary N) is 1. The van der Waals surface area contributed by atoms with Crippen molar-refractivity contribution in [3.8, 4) is 5.88 Å². The monoisotopic (exact) mass is 526 g/mol.